The molecule has 0 saturated carbocycles. The summed E-state index contributed by atoms with van der Waals surface area (Å²) in [6.07, 6.45) is 0.312. The molecule has 2 N–H and O–H groups in total. The number of aromatic amines is 1. The molecule has 1 aromatic heterocycles. The Balaban J connectivity index is 2.48. The third kappa shape index (κ3) is 2.82. The molecule has 0 bridgehead atoms. The Bertz CT molecular complexity index is 635. The van der Waals surface area contributed by atoms with Gasteiger partial charge in [-0.25, -0.2) is 4.98 Å². The van der Waals surface area contributed by atoms with Crippen molar-refractivity contribution in [3.05, 3.63) is 45.9 Å². The van der Waals surface area contributed by atoms with E-state index in [0.717, 1.165) is 5.56 Å². The summed E-state index contributed by atoms with van der Waals surface area (Å²) in [5.41, 5.74) is 1.74. The number of aromatic nitrogens is 2. The molecule has 1 heterocycles. The fourth-order valence-electron chi connectivity index (χ4n) is 1.92. The number of benzene rings is 1. The molecule has 0 saturated heterocycles. The lowest BCUT2D eigenvalue weighted by Crippen LogP contribution is -2.18. The third-order valence-electron chi connectivity index (χ3n) is 2.93. The number of methoxy groups -OCH3 is 1. The molecule has 0 amide bonds. The lowest BCUT2D eigenvalue weighted by atomic mass is 10.1. The molecule has 100 valence electrons. The monoisotopic (exact) mass is 260 g/mol. The maximum atomic E-state index is 11.9. The van der Waals surface area contributed by atoms with E-state index in [0.29, 0.717) is 29.3 Å². The molecular weight excluding hydrogens is 244 g/mol. The molecule has 1 aromatic carbocycles. The second-order valence-electron chi connectivity index (χ2n) is 4.18. The molecule has 2 rings (SSSR count). The van der Waals surface area contributed by atoms with E-state index in [9.17, 15) is 4.79 Å². The lowest BCUT2D eigenvalue weighted by Gasteiger charge is -2.07. The second kappa shape index (κ2) is 5.67. The quantitative estimate of drug-likeness (QED) is 0.868. The van der Waals surface area contributed by atoms with Crippen molar-refractivity contribution in [1.29, 1.82) is 0 Å². The molecule has 0 aliphatic carbocycles. The predicted molar refractivity (Wildman–Crippen MR) is 72.4 cm³/mol. The van der Waals surface area contributed by atoms with Crippen LogP contribution in [0.15, 0.2) is 29.1 Å². The van der Waals surface area contributed by atoms with Crippen molar-refractivity contribution in [2.75, 3.05) is 13.7 Å². The highest BCUT2D eigenvalue weighted by Crippen LogP contribution is 2.20. The standard InChI is InChI=1S/C14H16N2O3/c1-9-12(6-7-17)14(18)16-13(15-9)10-4-3-5-11(8-10)19-2/h3-5,8,17H,6-7H2,1-2H3,(H,15,16,18). The Morgan fingerprint density at radius 1 is 1.42 bits per heavy atom. The first kappa shape index (κ1) is 13.3. The van der Waals surface area contributed by atoms with E-state index in [-0.39, 0.29) is 12.2 Å². The van der Waals surface area contributed by atoms with Gasteiger partial charge in [0.1, 0.15) is 11.6 Å². The highest BCUT2D eigenvalue weighted by molar-refractivity contribution is 5.57. The first-order valence-corrected chi connectivity index (χ1v) is 6.00. The maximum absolute atomic E-state index is 11.9. The molecule has 0 radical (unpaired) electrons. The minimum Gasteiger partial charge on any atom is -0.497 e. The van der Waals surface area contributed by atoms with Crippen LogP contribution in [0.2, 0.25) is 0 Å². The van der Waals surface area contributed by atoms with E-state index in [1.807, 2.05) is 24.3 Å². The van der Waals surface area contributed by atoms with Crippen LogP contribution in [0.25, 0.3) is 11.4 Å². The van der Waals surface area contributed by atoms with Crippen LogP contribution in [0, 0.1) is 6.92 Å². The zero-order valence-electron chi connectivity index (χ0n) is 10.9. The number of nitrogens with zero attached hydrogens (tertiary/aromatic N) is 1. The number of ether oxygens (including phenoxy) is 1. The molecule has 0 unspecified atom stereocenters. The van der Waals surface area contributed by atoms with Crippen molar-refractivity contribution in [3.8, 4) is 17.1 Å². The topological polar surface area (TPSA) is 75.2 Å². The van der Waals surface area contributed by atoms with E-state index < -0.39 is 0 Å². The number of H-pyrrole nitrogens is 1. The van der Waals surface area contributed by atoms with Gasteiger partial charge in [0.25, 0.3) is 5.56 Å². The van der Waals surface area contributed by atoms with Crippen LogP contribution in [0.1, 0.15) is 11.3 Å². The van der Waals surface area contributed by atoms with Crippen molar-refractivity contribution in [1.82, 2.24) is 9.97 Å². The van der Waals surface area contributed by atoms with Gasteiger partial charge in [0.05, 0.1) is 7.11 Å². The first-order chi connectivity index (χ1) is 9.15. The van der Waals surface area contributed by atoms with Gasteiger partial charge in [-0.1, -0.05) is 12.1 Å². The zero-order chi connectivity index (χ0) is 13.8. The molecule has 0 aliphatic heterocycles. The fourth-order valence-corrected chi connectivity index (χ4v) is 1.92. The van der Waals surface area contributed by atoms with E-state index in [2.05, 4.69) is 9.97 Å². The van der Waals surface area contributed by atoms with E-state index in [1.165, 1.54) is 0 Å². The average Bonchev–Trinajstić information content (AvgIpc) is 2.42. The van der Waals surface area contributed by atoms with Crippen molar-refractivity contribution in [2.45, 2.75) is 13.3 Å². The smallest absolute Gasteiger partial charge is 0.254 e. The van der Waals surface area contributed by atoms with Crippen LogP contribution >= 0.6 is 0 Å². The van der Waals surface area contributed by atoms with Crippen molar-refractivity contribution in [3.63, 3.8) is 0 Å². The number of nitrogens with one attached hydrogen (secondary N) is 1. The van der Waals surface area contributed by atoms with E-state index >= 15 is 0 Å². The number of aliphatic hydroxyl groups is 1. The highest BCUT2D eigenvalue weighted by Gasteiger charge is 2.09. The van der Waals surface area contributed by atoms with Crippen LogP contribution in [0.4, 0.5) is 0 Å². The van der Waals surface area contributed by atoms with Gasteiger partial charge in [-0.3, -0.25) is 4.79 Å². The Kier molecular flexibility index (Phi) is 3.97. The summed E-state index contributed by atoms with van der Waals surface area (Å²) >= 11 is 0. The minimum absolute atomic E-state index is 0.0654. The van der Waals surface area contributed by atoms with Gasteiger partial charge in [0.2, 0.25) is 0 Å². The van der Waals surface area contributed by atoms with Gasteiger partial charge in [-0.15, -0.1) is 0 Å². The molecule has 0 aliphatic rings. The molecular formula is C14H16N2O3. The Labute approximate surface area is 110 Å². The summed E-state index contributed by atoms with van der Waals surface area (Å²) in [5.74, 6) is 1.21. The third-order valence-corrected chi connectivity index (χ3v) is 2.93. The van der Waals surface area contributed by atoms with Crippen molar-refractivity contribution >= 4 is 0 Å². The summed E-state index contributed by atoms with van der Waals surface area (Å²) in [7, 11) is 1.59. The normalized spacial score (nSPS) is 10.5. The fraction of sp³-hybridized carbons (Fsp3) is 0.286. The van der Waals surface area contributed by atoms with Crippen LogP contribution in [0.5, 0.6) is 5.75 Å². The van der Waals surface area contributed by atoms with Crippen molar-refractivity contribution < 1.29 is 9.84 Å². The summed E-state index contributed by atoms with van der Waals surface area (Å²) in [6.45, 7) is 1.70. The van der Waals surface area contributed by atoms with Gasteiger partial charge in [-0.2, -0.15) is 0 Å². The van der Waals surface area contributed by atoms with Gasteiger partial charge >= 0.3 is 0 Å². The maximum Gasteiger partial charge on any atom is 0.254 e. The molecule has 0 spiro atoms. The van der Waals surface area contributed by atoms with Crippen LogP contribution in [-0.2, 0) is 6.42 Å². The van der Waals surface area contributed by atoms with Gasteiger partial charge < -0.3 is 14.8 Å². The summed E-state index contributed by atoms with van der Waals surface area (Å²) < 4.78 is 5.15. The van der Waals surface area contributed by atoms with Crippen LogP contribution in [0.3, 0.4) is 0 Å². The number of aliphatic hydroxyl groups excluding tert-OH is 1. The molecule has 2 aromatic rings. The number of hydrogen-bond donors (Lipinski definition) is 2. The van der Waals surface area contributed by atoms with Gasteiger partial charge in [0, 0.05) is 29.8 Å². The minimum atomic E-state index is -0.209. The van der Waals surface area contributed by atoms with Crippen LogP contribution in [-0.4, -0.2) is 28.8 Å². The second-order valence-corrected chi connectivity index (χ2v) is 4.18. The van der Waals surface area contributed by atoms with Crippen LogP contribution < -0.4 is 10.3 Å². The molecule has 19 heavy (non-hydrogen) atoms. The summed E-state index contributed by atoms with van der Waals surface area (Å²) in [5, 5.41) is 8.93. The van der Waals surface area contributed by atoms with Crippen molar-refractivity contribution in [2.24, 2.45) is 0 Å². The zero-order valence-corrected chi connectivity index (χ0v) is 10.9. The Hall–Kier alpha value is -2.14. The van der Waals surface area contributed by atoms with E-state index in [4.69, 9.17) is 9.84 Å². The average molecular weight is 260 g/mol. The Morgan fingerprint density at radius 3 is 2.84 bits per heavy atom. The Morgan fingerprint density at radius 2 is 2.21 bits per heavy atom. The SMILES string of the molecule is COc1cccc(-c2nc(C)c(CCO)c(=O)[nH]2)c1. The van der Waals surface area contributed by atoms with E-state index in [1.54, 1.807) is 14.0 Å². The van der Waals surface area contributed by atoms with Gasteiger partial charge in [0.15, 0.2) is 0 Å². The number of aryl methyl sites for hydroxylation is 1. The predicted octanol–water partition coefficient (Wildman–Crippen LogP) is 1.29. The molecule has 0 fully saturated rings. The number of hydrogen-bond acceptors (Lipinski definition) is 4. The first-order valence-electron chi connectivity index (χ1n) is 6.00. The molecule has 0 atom stereocenters. The molecule has 5 nitrogen and oxygen atoms in total. The number of rotatable bonds is 4. The summed E-state index contributed by atoms with van der Waals surface area (Å²) in [6, 6.07) is 7.33. The van der Waals surface area contributed by atoms with Gasteiger partial charge in [-0.05, 0) is 19.1 Å². The lowest BCUT2D eigenvalue weighted by molar-refractivity contribution is 0.298. The summed E-state index contributed by atoms with van der Waals surface area (Å²) in [4.78, 5) is 19.1. The molecule has 5 heteroatoms. The highest BCUT2D eigenvalue weighted by atomic mass is 16.5. The largest absolute Gasteiger partial charge is 0.497 e.